The Labute approximate surface area is 170 Å². The number of nitrogens with one attached hydrogen (secondary N) is 1. The number of likely N-dealkylation sites (N-methyl/N-ethyl adjacent to an activating group) is 1. The van der Waals surface area contributed by atoms with E-state index >= 15 is 0 Å². The van der Waals surface area contributed by atoms with Crippen LogP contribution in [0, 0.1) is 0 Å². The molecule has 0 radical (unpaired) electrons. The highest BCUT2D eigenvalue weighted by Gasteiger charge is 2.25. The molecule has 5 nitrogen and oxygen atoms in total. The van der Waals surface area contributed by atoms with Crippen molar-refractivity contribution < 1.29 is 4.79 Å². The third kappa shape index (κ3) is 3.20. The van der Waals surface area contributed by atoms with E-state index in [4.69, 9.17) is 0 Å². The smallest absolute Gasteiger partial charge is 0.255 e. The van der Waals surface area contributed by atoms with Crippen LogP contribution < -0.4 is 10.5 Å². The van der Waals surface area contributed by atoms with Gasteiger partial charge in [0.25, 0.3) is 5.56 Å². The molecule has 0 saturated heterocycles. The first-order valence-electron chi connectivity index (χ1n) is 10.4. The van der Waals surface area contributed by atoms with Gasteiger partial charge in [0.2, 0.25) is 5.91 Å². The molecule has 148 valence electrons. The third-order valence-electron chi connectivity index (χ3n) is 6.42. The van der Waals surface area contributed by atoms with Crippen LogP contribution in [0.25, 0.3) is 16.7 Å². The van der Waals surface area contributed by atoms with Crippen molar-refractivity contribution in [1.29, 1.82) is 0 Å². The lowest BCUT2D eigenvalue weighted by molar-refractivity contribution is -0.117. The zero-order valence-corrected chi connectivity index (χ0v) is 16.6. The van der Waals surface area contributed by atoms with Gasteiger partial charge in [0.05, 0.1) is 6.42 Å². The molecule has 3 aliphatic rings. The quantitative estimate of drug-likeness (QED) is 0.873. The fraction of sp³-hybridized carbons (Fsp3) is 0.333. The second kappa shape index (κ2) is 7.07. The molecule has 5 rings (SSSR count). The third-order valence-corrected chi connectivity index (χ3v) is 6.42. The Balaban J connectivity index is 1.50. The van der Waals surface area contributed by atoms with Crippen LogP contribution in [0.1, 0.15) is 36.8 Å². The Morgan fingerprint density at radius 3 is 2.72 bits per heavy atom. The summed E-state index contributed by atoms with van der Waals surface area (Å²) < 4.78 is 0. The molecule has 1 aliphatic carbocycles. The molecule has 3 heterocycles. The molecule has 1 N–H and O–H groups in total. The number of pyridine rings is 1. The number of aromatic nitrogens is 1. The molecule has 1 fully saturated rings. The molecular weight excluding hydrogens is 362 g/mol. The molecule has 2 aromatic rings. The summed E-state index contributed by atoms with van der Waals surface area (Å²) in [6.45, 7) is 0.955. The standard InChI is InChI=1S/C24H25N3O2/c1-26-22-9-8-16(11-18(22)13-23(26)28)21-12-19(14-25-24(21)29)17-5-4-10-27(15-17)20-6-2-3-7-20/h4-5,8-9,11-12,14-15,20H,2-3,6-7,10,13H2,1H3,(H,25,29). The first kappa shape index (κ1) is 18.0. The highest BCUT2D eigenvalue weighted by molar-refractivity contribution is 6.01. The SMILES string of the molecule is CN1C(=O)Cc2cc(-c3cc(C4=CN(C5CCCC5)CC=C4)c[nH]c3=O)ccc21. The number of allylic oxidation sites excluding steroid dienone is 2. The molecule has 1 amide bonds. The zero-order valence-electron chi connectivity index (χ0n) is 16.6. The first-order valence-corrected chi connectivity index (χ1v) is 10.4. The molecule has 0 spiro atoms. The van der Waals surface area contributed by atoms with Crippen molar-refractivity contribution in [2.75, 3.05) is 18.5 Å². The molecule has 2 aliphatic heterocycles. The number of hydrogen-bond donors (Lipinski definition) is 1. The number of rotatable bonds is 3. The van der Waals surface area contributed by atoms with Crippen LogP contribution in [0.2, 0.25) is 0 Å². The van der Waals surface area contributed by atoms with E-state index in [1.54, 1.807) is 18.1 Å². The van der Waals surface area contributed by atoms with Gasteiger partial charge in [-0.3, -0.25) is 9.59 Å². The lowest BCUT2D eigenvalue weighted by atomic mass is 9.98. The van der Waals surface area contributed by atoms with Crippen molar-refractivity contribution in [1.82, 2.24) is 9.88 Å². The Morgan fingerprint density at radius 1 is 1.07 bits per heavy atom. The van der Waals surface area contributed by atoms with E-state index in [0.717, 1.165) is 34.5 Å². The second-order valence-electron chi connectivity index (χ2n) is 8.23. The van der Waals surface area contributed by atoms with Crippen molar-refractivity contribution in [2.24, 2.45) is 0 Å². The number of carbonyl (C=O) groups excluding carboxylic acids is 1. The van der Waals surface area contributed by atoms with E-state index in [1.165, 1.54) is 25.7 Å². The maximum atomic E-state index is 12.6. The highest BCUT2D eigenvalue weighted by Crippen LogP contribution is 2.32. The fourth-order valence-corrected chi connectivity index (χ4v) is 4.74. The number of fused-ring (bicyclic) bond motifs is 1. The topological polar surface area (TPSA) is 56.4 Å². The minimum atomic E-state index is -0.112. The van der Waals surface area contributed by atoms with Gasteiger partial charge in [-0.25, -0.2) is 0 Å². The predicted octanol–water partition coefficient (Wildman–Crippen LogP) is 3.72. The van der Waals surface area contributed by atoms with Crippen LogP contribution in [-0.4, -0.2) is 35.4 Å². The summed E-state index contributed by atoms with van der Waals surface area (Å²) >= 11 is 0. The first-order chi connectivity index (χ1) is 14.1. The maximum absolute atomic E-state index is 12.6. The molecular formula is C24H25N3O2. The van der Waals surface area contributed by atoms with Crippen LogP contribution in [0.3, 0.4) is 0 Å². The minimum absolute atomic E-state index is 0.0873. The van der Waals surface area contributed by atoms with Gasteiger partial charge in [0.15, 0.2) is 0 Å². The highest BCUT2D eigenvalue weighted by atomic mass is 16.2. The second-order valence-corrected chi connectivity index (χ2v) is 8.23. The van der Waals surface area contributed by atoms with Crippen LogP contribution in [0.5, 0.6) is 0 Å². The van der Waals surface area contributed by atoms with Crippen molar-refractivity contribution in [3.05, 3.63) is 70.3 Å². The van der Waals surface area contributed by atoms with Gasteiger partial charge >= 0.3 is 0 Å². The summed E-state index contributed by atoms with van der Waals surface area (Å²) in [6.07, 6.45) is 13.9. The summed E-state index contributed by atoms with van der Waals surface area (Å²) in [6, 6.07) is 8.43. The van der Waals surface area contributed by atoms with Crippen LogP contribution in [-0.2, 0) is 11.2 Å². The minimum Gasteiger partial charge on any atom is -0.370 e. The Hall–Kier alpha value is -3.08. The molecule has 29 heavy (non-hydrogen) atoms. The summed E-state index contributed by atoms with van der Waals surface area (Å²) in [5.41, 5.74) is 5.41. The van der Waals surface area contributed by atoms with E-state index in [9.17, 15) is 9.59 Å². The van der Waals surface area contributed by atoms with Crippen LogP contribution >= 0.6 is 0 Å². The Bertz CT molecular complexity index is 1090. The van der Waals surface area contributed by atoms with E-state index in [1.807, 2.05) is 24.3 Å². The summed E-state index contributed by atoms with van der Waals surface area (Å²) in [5.74, 6) is 0.0873. The number of H-pyrrole nitrogens is 1. The number of anilines is 1. The van der Waals surface area contributed by atoms with Gasteiger partial charge in [0.1, 0.15) is 0 Å². The van der Waals surface area contributed by atoms with E-state index in [-0.39, 0.29) is 11.5 Å². The summed E-state index contributed by atoms with van der Waals surface area (Å²) in [5, 5.41) is 0. The number of hydrogen-bond acceptors (Lipinski definition) is 3. The molecule has 5 heteroatoms. The van der Waals surface area contributed by atoms with Gasteiger partial charge in [-0.2, -0.15) is 0 Å². The molecule has 0 unspecified atom stereocenters. The van der Waals surface area contributed by atoms with Gasteiger partial charge in [0, 0.05) is 48.8 Å². The Kier molecular flexibility index (Phi) is 4.38. The van der Waals surface area contributed by atoms with E-state index in [0.29, 0.717) is 18.0 Å². The number of aromatic amines is 1. The zero-order chi connectivity index (χ0) is 20.0. The fourth-order valence-electron chi connectivity index (χ4n) is 4.74. The Morgan fingerprint density at radius 2 is 1.90 bits per heavy atom. The summed E-state index contributed by atoms with van der Waals surface area (Å²) in [4.78, 5) is 31.6. The lowest BCUT2D eigenvalue weighted by Gasteiger charge is -2.29. The van der Waals surface area contributed by atoms with E-state index in [2.05, 4.69) is 28.2 Å². The average molecular weight is 387 g/mol. The van der Waals surface area contributed by atoms with Gasteiger partial charge in [-0.05, 0) is 47.7 Å². The predicted molar refractivity (Wildman–Crippen MR) is 116 cm³/mol. The van der Waals surface area contributed by atoms with Crippen molar-refractivity contribution >= 4 is 17.2 Å². The van der Waals surface area contributed by atoms with Crippen LogP contribution in [0.15, 0.2) is 53.6 Å². The largest absolute Gasteiger partial charge is 0.370 e. The molecule has 0 atom stereocenters. The van der Waals surface area contributed by atoms with Gasteiger partial charge in [-0.1, -0.05) is 31.1 Å². The summed E-state index contributed by atoms with van der Waals surface area (Å²) in [7, 11) is 1.79. The molecule has 1 aromatic carbocycles. The van der Waals surface area contributed by atoms with Crippen LogP contribution in [0.4, 0.5) is 5.69 Å². The van der Waals surface area contributed by atoms with E-state index < -0.39 is 0 Å². The molecule has 1 saturated carbocycles. The monoisotopic (exact) mass is 387 g/mol. The average Bonchev–Trinajstić information content (AvgIpc) is 3.37. The van der Waals surface area contributed by atoms with Crippen molar-refractivity contribution in [3.8, 4) is 11.1 Å². The number of amides is 1. The van der Waals surface area contributed by atoms with Crippen molar-refractivity contribution in [3.63, 3.8) is 0 Å². The maximum Gasteiger partial charge on any atom is 0.255 e. The molecule has 0 bridgehead atoms. The normalized spacial score (nSPS) is 19.1. The van der Waals surface area contributed by atoms with Gasteiger partial charge in [-0.15, -0.1) is 0 Å². The lowest BCUT2D eigenvalue weighted by Crippen LogP contribution is -2.30. The van der Waals surface area contributed by atoms with Gasteiger partial charge < -0.3 is 14.8 Å². The number of nitrogens with zero attached hydrogens (tertiary/aromatic N) is 2. The number of carbonyl (C=O) groups is 1. The van der Waals surface area contributed by atoms with Crippen molar-refractivity contribution in [2.45, 2.75) is 38.1 Å². The molecule has 1 aromatic heterocycles. The number of benzene rings is 1.